The van der Waals surface area contributed by atoms with E-state index in [2.05, 4.69) is 5.32 Å². The van der Waals surface area contributed by atoms with E-state index in [4.69, 9.17) is 10.2 Å². The summed E-state index contributed by atoms with van der Waals surface area (Å²) in [6.45, 7) is 1.88. The zero-order valence-corrected chi connectivity index (χ0v) is 10.8. The molecule has 1 amide bonds. The largest absolute Gasteiger partial charge is 0.468 e. The van der Waals surface area contributed by atoms with E-state index in [1.165, 1.54) is 0 Å². The second-order valence-corrected chi connectivity index (χ2v) is 5.67. The average Bonchev–Trinajstić information content (AvgIpc) is 2.93. The number of primary amides is 1. The molecule has 1 unspecified atom stereocenters. The normalized spacial score (nSPS) is 18.9. The SMILES string of the molecule is CC(CSCc1ccco1)(NC1CC1)C(N)=O. The van der Waals surface area contributed by atoms with E-state index in [0.717, 1.165) is 24.4 Å². The maximum absolute atomic E-state index is 11.5. The molecular weight excluding hydrogens is 236 g/mol. The van der Waals surface area contributed by atoms with Gasteiger partial charge in [-0.05, 0) is 31.9 Å². The van der Waals surface area contributed by atoms with Crippen molar-refractivity contribution in [2.45, 2.75) is 37.1 Å². The summed E-state index contributed by atoms with van der Waals surface area (Å²) in [6, 6.07) is 4.27. The lowest BCUT2D eigenvalue weighted by atomic mass is 10.1. The summed E-state index contributed by atoms with van der Waals surface area (Å²) in [5.74, 6) is 2.08. The van der Waals surface area contributed by atoms with Gasteiger partial charge in [0.25, 0.3) is 0 Å². The third kappa shape index (κ3) is 3.51. The van der Waals surface area contributed by atoms with Crippen molar-refractivity contribution in [3.05, 3.63) is 24.2 Å². The third-order valence-corrected chi connectivity index (χ3v) is 4.13. The maximum Gasteiger partial charge on any atom is 0.238 e. The summed E-state index contributed by atoms with van der Waals surface area (Å²) >= 11 is 1.66. The van der Waals surface area contributed by atoms with Gasteiger partial charge in [-0.2, -0.15) is 11.8 Å². The summed E-state index contributed by atoms with van der Waals surface area (Å²) in [7, 11) is 0. The van der Waals surface area contributed by atoms with Crippen molar-refractivity contribution >= 4 is 17.7 Å². The highest BCUT2D eigenvalue weighted by atomic mass is 32.2. The molecule has 2 rings (SSSR count). The van der Waals surface area contributed by atoms with Crippen LogP contribution in [0.25, 0.3) is 0 Å². The number of carbonyl (C=O) groups is 1. The number of amides is 1. The monoisotopic (exact) mass is 254 g/mol. The first-order valence-electron chi connectivity index (χ1n) is 5.78. The Hall–Kier alpha value is -0.940. The summed E-state index contributed by atoms with van der Waals surface area (Å²) in [5.41, 5.74) is 4.86. The molecule has 1 aliphatic rings. The van der Waals surface area contributed by atoms with E-state index in [1.54, 1.807) is 18.0 Å². The third-order valence-electron chi connectivity index (χ3n) is 2.86. The lowest BCUT2D eigenvalue weighted by Crippen LogP contribution is -2.56. The number of carbonyl (C=O) groups excluding carboxylic acids is 1. The average molecular weight is 254 g/mol. The minimum atomic E-state index is -0.613. The number of furan rings is 1. The van der Waals surface area contributed by atoms with Gasteiger partial charge < -0.3 is 15.5 Å². The predicted molar refractivity (Wildman–Crippen MR) is 68.6 cm³/mol. The fraction of sp³-hybridized carbons (Fsp3) is 0.583. The first kappa shape index (κ1) is 12.5. The van der Waals surface area contributed by atoms with Crippen molar-refractivity contribution in [1.29, 1.82) is 0 Å². The highest BCUT2D eigenvalue weighted by Crippen LogP contribution is 2.25. The molecule has 1 saturated carbocycles. The minimum Gasteiger partial charge on any atom is -0.468 e. The smallest absolute Gasteiger partial charge is 0.238 e. The van der Waals surface area contributed by atoms with E-state index in [-0.39, 0.29) is 5.91 Å². The Labute approximate surface area is 105 Å². The van der Waals surface area contributed by atoms with Crippen LogP contribution >= 0.6 is 11.8 Å². The second-order valence-electron chi connectivity index (χ2n) is 4.69. The highest BCUT2D eigenvalue weighted by Gasteiger charge is 2.36. The van der Waals surface area contributed by atoms with Gasteiger partial charge in [-0.1, -0.05) is 0 Å². The van der Waals surface area contributed by atoms with Crippen molar-refractivity contribution in [1.82, 2.24) is 5.32 Å². The summed E-state index contributed by atoms with van der Waals surface area (Å²) in [5, 5.41) is 3.32. The van der Waals surface area contributed by atoms with Crippen LogP contribution < -0.4 is 11.1 Å². The Kier molecular flexibility index (Phi) is 3.79. The van der Waals surface area contributed by atoms with Crippen LogP contribution in [0.2, 0.25) is 0 Å². The van der Waals surface area contributed by atoms with Crippen LogP contribution in [0, 0.1) is 0 Å². The molecule has 1 aromatic heterocycles. The Bertz CT molecular complexity index is 376. The standard InChI is InChI=1S/C12H18N2O2S/c1-12(11(13)15,14-9-4-5-9)8-17-7-10-3-2-6-16-10/h2-3,6,9,14H,4-5,7-8H2,1H3,(H2,13,15). The number of nitrogens with one attached hydrogen (secondary N) is 1. The van der Waals surface area contributed by atoms with Crippen molar-refractivity contribution in [3.8, 4) is 0 Å². The minimum absolute atomic E-state index is 0.281. The Morgan fingerprint density at radius 1 is 1.71 bits per heavy atom. The molecule has 4 nitrogen and oxygen atoms in total. The molecule has 0 aromatic carbocycles. The zero-order valence-electron chi connectivity index (χ0n) is 9.94. The Balaban J connectivity index is 1.82. The molecule has 5 heteroatoms. The molecule has 0 bridgehead atoms. The first-order valence-corrected chi connectivity index (χ1v) is 6.93. The first-order chi connectivity index (χ1) is 8.10. The molecule has 94 valence electrons. The van der Waals surface area contributed by atoms with Gasteiger partial charge in [0.15, 0.2) is 0 Å². The molecule has 0 radical (unpaired) electrons. The quantitative estimate of drug-likeness (QED) is 0.774. The lowest BCUT2D eigenvalue weighted by molar-refractivity contribution is -0.123. The molecule has 1 aromatic rings. The van der Waals surface area contributed by atoms with Crippen molar-refractivity contribution in [2.24, 2.45) is 5.73 Å². The van der Waals surface area contributed by atoms with Crippen LogP contribution in [0.1, 0.15) is 25.5 Å². The molecule has 1 aliphatic carbocycles. The molecule has 3 N–H and O–H groups in total. The van der Waals surface area contributed by atoms with Gasteiger partial charge in [-0.3, -0.25) is 4.79 Å². The van der Waals surface area contributed by atoms with Gasteiger partial charge in [0.1, 0.15) is 11.3 Å². The molecule has 0 saturated heterocycles. The zero-order chi connectivity index (χ0) is 12.3. The van der Waals surface area contributed by atoms with Crippen molar-refractivity contribution in [2.75, 3.05) is 5.75 Å². The number of thioether (sulfide) groups is 1. The van der Waals surface area contributed by atoms with Gasteiger partial charge >= 0.3 is 0 Å². The molecule has 0 spiro atoms. The van der Waals surface area contributed by atoms with Gasteiger partial charge in [-0.25, -0.2) is 0 Å². The van der Waals surface area contributed by atoms with Crippen LogP contribution in [0.15, 0.2) is 22.8 Å². The molecule has 1 atom stereocenters. The van der Waals surface area contributed by atoms with Gasteiger partial charge in [-0.15, -0.1) is 0 Å². The van der Waals surface area contributed by atoms with E-state index >= 15 is 0 Å². The fourth-order valence-electron chi connectivity index (χ4n) is 1.61. The van der Waals surface area contributed by atoms with E-state index in [0.29, 0.717) is 11.8 Å². The van der Waals surface area contributed by atoms with Gasteiger partial charge in [0.05, 0.1) is 12.0 Å². The number of hydrogen-bond donors (Lipinski definition) is 2. The number of rotatable bonds is 7. The van der Waals surface area contributed by atoms with Crippen LogP contribution in [-0.4, -0.2) is 23.2 Å². The summed E-state index contributed by atoms with van der Waals surface area (Å²) in [4.78, 5) is 11.5. The van der Waals surface area contributed by atoms with Crippen LogP contribution in [-0.2, 0) is 10.5 Å². The summed E-state index contributed by atoms with van der Waals surface area (Å²) in [6.07, 6.45) is 3.95. The molecular formula is C12H18N2O2S. The molecule has 1 heterocycles. The molecule has 17 heavy (non-hydrogen) atoms. The van der Waals surface area contributed by atoms with Crippen LogP contribution in [0.5, 0.6) is 0 Å². The van der Waals surface area contributed by atoms with Gasteiger partial charge in [0.2, 0.25) is 5.91 Å². The molecule has 1 fully saturated rings. The number of nitrogens with two attached hydrogens (primary N) is 1. The van der Waals surface area contributed by atoms with Gasteiger partial charge in [0, 0.05) is 11.8 Å². The van der Waals surface area contributed by atoms with Crippen molar-refractivity contribution < 1.29 is 9.21 Å². The second kappa shape index (κ2) is 5.14. The number of hydrogen-bond acceptors (Lipinski definition) is 4. The van der Waals surface area contributed by atoms with E-state index in [9.17, 15) is 4.79 Å². The van der Waals surface area contributed by atoms with E-state index in [1.807, 2.05) is 19.1 Å². The van der Waals surface area contributed by atoms with Crippen molar-refractivity contribution in [3.63, 3.8) is 0 Å². The Morgan fingerprint density at radius 2 is 2.47 bits per heavy atom. The van der Waals surface area contributed by atoms with E-state index < -0.39 is 5.54 Å². The lowest BCUT2D eigenvalue weighted by Gasteiger charge is -2.27. The highest BCUT2D eigenvalue weighted by molar-refractivity contribution is 7.98. The molecule has 0 aliphatic heterocycles. The van der Waals surface area contributed by atoms with Crippen LogP contribution in [0.3, 0.4) is 0 Å². The fourth-order valence-corrected chi connectivity index (χ4v) is 2.71. The van der Waals surface area contributed by atoms with Crippen LogP contribution in [0.4, 0.5) is 0 Å². The topological polar surface area (TPSA) is 68.3 Å². The summed E-state index contributed by atoms with van der Waals surface area (Å²) < 4.78 is 5.24. The predicted octanol–water partition coefficient (Wildman–Crippen LogP) is 1.51. The Morgan fingerprint density at radius 3 is 3.00 bits per heavy atom. The maximum atomic E-state index is 11.5.